The first kappa shape index (κ1) is 12.9. The van der Waals surface area contributed by atoms with Crippen molar-refractivity contribution in [3.8, 4) is 0 Å². The predicted molar refractivity (Wildman–Crippen MR) is 74.9 cm³/mol. The van der Waals surface area contributed by atoms with Crippen molar-refractivity contribution < 1.29 is 4.79 Å². The Hall–Kier alpha value is -1.55. The molecule has 2 rings (SSSR count). The van der Waals surface area contributed by atoms with Crippen molar-refractivity contribution in [2.24, 2.45) is 0 Å². The van der Waals surface area contributed by atoms with Crippen molar-refractivity contribution in [2.75, 3.05) is 30.8 Å². The lowest BCUT2D eigenvalue weighted by Gasteiger charge is -2.30. The molecule has 0 saturated carbocycles. The van der Waals surface area contributed by atoms with E-state index >= 15 is 0 Å². The van der Waals surface area contributed by atoms with Gasteiger partial charge in [0, 0.05) is 13.0 Å². The average molecular weight is 247 g/mol. The first-order valence-electron chi connectivity index (χ1n) is 6.47. The van der Waals surface area contributed by atoms with Gasteiger partial charge >= 0.3 is 0 Å². The van der Waals surface area contributed by atoms with Crippen molar-refractivity contribution in [3.05, 3.63) is 24.3 Å². The minimum atomic E-state index is -0.0346. The number of carbonyl (C=O) groups is 1. The molecule has 0 unspecified atom stereocenters. The second-order valence-electron chi connectivity index (χ2n) is 4.95. The zero-order valence-electron chi connectivity index (χ0n) is 11.1. The summed E-state index contributed by atoms with van der Waals surface area (Å²) in [6.45, 7) is 3.78. The summed E-state index contributed by atoms with van der Waals surface area (Å²) in [4.78, 5) is 13.5. The van der Waals surface area contributed by atoms with Gasteiger partial charge in [-0.25, -0.2) is 0 Å². The van der Waals surface area contributed by atoms with E-state index < -0.39 is 0 Å². The Morgan fingerprint density at radius 3 is 2.44 bits per heavy atom. The number of anilines is 2. The van der Waals surface area contributed by atoms with Gasteiger partial charge in [0.05, 0.1) is 11.4 Å². The van der Waals surface area contributed by atoms with Crippen LogP contribution in [0.2, 0.25) is 0 Å². The quantitative estimate of drug-likeness (QED) is 0.860. The molecule has 0 bridgehead atoms. The molecule has 0 radical (unpaired) electrons. The van der Waals surface area contributed by atoms with Gasteiger partial charge < -0.3 is 15.5 Å². The number of rotatable bonds is 3. The van der Waals surface area contributed by atoms with E-state index in [0.717, 1.165) is 37.3 Å². The summed E-state index contributed by atoms with van der Waals surface area (Å²) >= 11 is 0. The molecule has 1 aliphatic heterocycles. The Morgan fingerprint density at radius 1 is 1.22 bits per heavy atom. The Labute approximate surface area is 108 Å². The van der Waals surface area contributed by atoms with Crippen LogP contribution in [0.4, 0.5) is 11.4 Å². The van der Waals surface area contributed by atoms with Crippen molar-refractivity contribution in [2.45, 2.75) is 25.8 Å². The number of nitrogens with zero attached hydrogens (tertiary/aromatic N) is 1. The molecule has 0 atom stereocenters. The highest BCUT2D eigenvalue weighted by molar-refractivity contribution is 5.92. The van der Waals surface area contributed by atoms with Gasteiger partial charge in [0.2, 0.25) is 5.91 Å². The van der Waals surface area contributed by atoms with Crippen LogP contribution in [0.15, 0.2) is 24.3 Å². The summed E-state index contributed by atoms with van der Waals surface area (Å²) in [5.74, 6) is -0.0346. The first-order chi connectivity index (χ1) is 8.65. The molecule has 1 amide bonds. The zero-order valence-corrected chi connectivity index (χ0v) is 11.1. The minimum Gasteiger partial charge on any atom is -0.381 e. The molecule has 2 N–H and O–H groups in total. The molecular weight excluding hydrogens is 226 g/mol. The number of piperidine rings is 1. The summed E-state index contributed by atoms with van der Waals surface area (Å²) in [6, 6.07) is 8.37. The Morgan fingerprint density at radius 2 is 1.83 bits per heavy atom. The largest absolute Gasteiger partial charge is 0.381 e. The van der Waals surface area contributed by atoms with Crippen molar-refractivity contribution in [1.29, 1.82) is 0 Å². The lowest BCUT2D eigenvalue weighted by Crippen LogP contribution is -2.36. The molecule has 4 nitrogen and oxygen atoms in total. The fourth-order valence-electron chi connectivity index (χ4n) is 2.28. The summed E-state index contributed by atoms with van der Waals surface area (Å²) in [7, 11) is 2.15. The molecule has 0 aromatic heterocycles. The van der Waals surface area contributed by atoms with Crippen molar-refractivity contribution >= 4 is 17.3 Å². The fourth-order valence-corrected chi connectivity index (χ4v) is 2.28. The third-order valence-corrected chi connectivity index (χ3v) is 3.32. The van der Waals surface area contributed by atoms with Gasteiger partial charge in [-0.2, -0.15) is 0 Å². The second-order valence-corrected chi connectivity index (χ2v) is 4.95. The first-order valence-corrected chi connectivity index (χ1v) is 6.47. The summed E-state index contributed by atoms with van der Waals surface area (Å²) in [5.41, 5.74) is 1.88. The van der Waals surface area contributed by atoms with Gasteiger partial charge in [-0.05, 0) is 45.1 Å². The van der Waals surface area contributed by atoms with Crippen LogP contribution in [0, 0.1) is 0 Å². The van der Waals surface area contributed by atoms with Crippen LogP contribution in [0.5, 0.6) is 0 Å². The maximum Gasteiger partial charge on any atom is 0.221 e. The Balaban J connectivity index is 2.02. The molecule has 1 heterocycles. The molecule has 1 aromatic carbocycles. The van der Waals surface area contributed by atoms with Crippen molar-refractivity contribution in [1.82, 2.24) is 4.90 Å². The summed E-state index contributed by atoms with van der Waals surface area (Å²) in [5, 5.41) is 6.39. The lowest BCUT2D eigenvalue weighted by molar-refractivity contribution is -0.114. The third kappa shape index (κ3) is 3.47. The Kier molecular flexibility index (Phi) is 4.20. The number of hydrogen-bond acceptors (Lipinski definition) is 3. The van der Waals surface area contributed by atoms with Crippen LogP contribution in [-0.2, 0) is 4.79 Å². The topological polar surface area (TPSA) is 44.4 Å². The molecular formula is C14H21N3O. The highest BCUT2D eigenvalue weighted by Gasteiger charge is 2.17. The standard InChI is InChI=1S/C14H21N3O/c1-11(18)15-13-5-3-4-6-14(13)16-12-7-9-17(2)10-8-12/h3-6,12,16H,7-10H2,1-2H3,(H,15,18). The summed E-state index contributed by atoms with van der Waals surface area (Å²) in [6.07, 6.45) is 2.29. The number of likely N-dealkylation sites (tertiary alicyclic amines) is 1. The zero-order chi connectivity index (χ0) is 13.0. The van der Waals surface area contributed by atoms with E-state index in [1.54, 1.807) is 0 Å². The van der Waals surface area contributed by atoms with Crippen molar-refractivity contribution in [3.63, 3.8) is 0 Å². The van der Waals surface area contributed by atoms with Gasteiger partial charge in [-0.1, -0.05) is 12.1 Å². The number of amides is 1. The van der Waals surface area contributed by atoms with E-state index in [-0.39, 0.29) is 5.91 Å². The highest BCUT2D eigenvalue weighted by atomic mass is 16.1. The average Bonchev–Trinajstić information content (AvgIpc) is 2.34. The van der Waals surface area contributed by atoms with Gasteiger partial charge in [-0.15, -0.1) is 0 Å². The van der Waals surface area contributed by atoms with Crippen LogP contribution < -0.4 is 10.6 Å². The number of hydrogen-bond donors (Lipinski definition) is 2. The van der Waals surface area contributed by atoms with E-state index in [1.807, 2.05) is 24.3 Å². The smallest absolute Gasteiger partial charge is 0.221 e. The third-order valence-electron chi connectivity index (χ3n) is 3.32. The maximum absolute atomic E-state index is 11.2. The SMILES string of the molecule is CC(=O)Nc1ccccc1NC1CCN(C)CC1. The van der Waals surface area contributed by atoms with E-state index in [4.69, 9.17) is 0 Å². The molecule has 0 spiro atoms. The number of nitrogens with one attached hydrogen (secondary N) is 2. The van der Waals surface area contributed by atoms with E-state index in [2.05, 4.69) is 22.6 Å². The number of para-hydroxylation sites is 2. The minimum absolute atomic E-state index is 0.0346. The van der Waals surface area contributed by atoms with Gasteiger partial charge in [0.1, 0.15) is 0 Å². The van der Waals surface area contributed by atoms with Gasteiger partial charge in [-0.3, -0.25) is 4.79 Å². The molecule has 1 fully saturated rings. The van der Waals surface area contributed by atoms with E-state index in [9.17, 15) is 4.79 Å². The molecule has 18 heavy (non-hydrogen) atoms. The molecule has 1 saturated heterocycles. The Bertz CT molecular complexity index is 411. The van der Waals surface area contributed by atoms with Crippen LogP contribution in [0.3, 0.4) is 0 Å². The normalized spacial score (nSPS) is 17.4. The number of carbonyl (C=O) groups excluding carboxylic acids is 1. The van der Waals surface area contributed by atoms with Gasteiger partial charge in [0.25, 0.3) is 0 Å². The van der Waals surface area contributed by atoms with Crippen LogP contribution in [0.1, 0.15) is 19.8 Å². The predicted octanol–water partition coefficient (Wildman–Crippen LogP) is 2.15. The fraction of sp³-hybridized carbons (Fsp3) is 0.500. The number of benzene rings is 1. The lowest BCUT2D eigenvalue weighted by atomic mass is 10.0. The van der Waals surface area contributed by atoms with Crippen LogP contribution >= 0.6 is 0 Å². The van der Waals surface area contributed by atoms with Crippen LogP contribution in [0.25, 0.3) is 0 Å². The molecule has 98 valence electrons. The molecule has 1 aliphatic rings. The van der Waals surface area contributed by atoms with Gasteiger partial charge in [0.15, 0.2) is 0 Å². The van der Waals surface area contributed by atoms with E-state index in [1.165, 1.54) is 6.92 Å². The second kappa shape index (κ2) is 5.87. The summed E-state index contributed by atoms with van der Waals surface area (Å²) < 4.78 is 0. The molecule has 4 heteroatoms. The molecule has 0 aliphatic carbocycles. The molecule has 1 aromatic rings. The monoisotopic (exact) mass is 247 g/mol. The van der Waals surface area contributed by atoms with E-state index in [0.29, 0.717) is 6.04 Å². The highest BCUT2D eigenvalue weighted by Crippen LogP contribution is 2.24. The van der Waals surface area contributed by atoms with Crippen LogP contribution in [-0.4, -0.2) is 37.0 Å². The maximum atomic E-state index is 11.2.